The molecule has 1 amide bonds. The normalized spacial score (nSPS) is 11.4. The number of fused-ring (bicyclic) bond motifs is 1. The predicted octanol–water partition coefficient (Wildman–Crippen LogP) is 4.96. The number of pyridine rings is 1. The Labute approximate surface area is 178 Å². The van der Waals surface area contributed by atoms with Crippen LogP contribution in [0.4, 0.5) is 40.4 Å². The third kappa shape index (κ3) is 4.31. The molecule has 0 fully saturated rings. The third-order valence-corrected chi connectivity index (χ3v) is 4.62. The Hall–Kier alpha value is -4.15. The van der Waals surface area contributed by atoms with E-state index in [9.17, 15) is 22.4 Å². The molecule has 164 valence electrons. The number of benzene rings is 2. The summed E-state index contributed by atoms with van der Waals surface area (Å²) in [4.78, 5) is 23.0. The second kappa shape index (κ2) is 8.17. The number of carbonyl (C=O) groups is 1. The quantitative estimate of drug-likeness (QED) is 0.327. The summed E-state index contributed by atoms with van der Waals surface area (Å²) >= 11 is 0. The largest absolute Gasteiger partial charge is 0.419 e. The van der Waals surface area contributed by atoms with E-state index >= 15 is 0 Å². The van der Waals surface area contributed by atoms with Crippen molar-refractivity contribution >= 4 is 39.8 Å². The highest BCUT2D eigenvalue weighted by Gasteiger charge is 2.34. The lowest BCUT2D eigenvalue weighted by molar-refractivity contribution is -0.137. The number of aromatic amines is 1. The lowest BCUT2D eigenvalue weighted by Gasteiger charge is -2.17. The lowest BCUT2D eigenvalue weighted by atomic mass is 10.1. The number of anilines is 4. The number of H-pyrrole nitrogens is 1. The van der Waals surface area contributed by atoms with Crippen LogP contribution < -0.4 is 16.0 Å². The van der Waals surface area contributed by atoms with E-state index < -0.39 is 23.5 Å². The summed E-state index contributed by atoms with van der Waals surface area (Å²) in [5, 5.41) is 7.88. The number of aromatic nitrogens is 3. The van der Waals surface area contributed by atoms with Crippen molar-refractivity contribution in [3.05, 3.63) is 71.9 Å². The minimum atomic E-state index is -4.71. The molecule has 0 unspecified atom stereocenters. The Morgan fingerprint density at radius 2 is 1.81 bits per heavy atom. The third-order valence-electron chi connectivity index (χ3n) is 4.62. The van der Waals surface area contributed by atoms with Gasteiger partial charge in [-0.2, -0.15) is 13.2 Å². The van der Waals surface area contributed by atoms with Crippen LogP contribution in [0.2, 0.25) is 0 Å². The Kier molecular flexibility index (Phi) is 5.39. The van der Waals surface area contributed by atoms with Gasteiger partial charge in [0.15, 0.2) is 0 Å². The molecule has 0 aliphatic carbocycles. The average molecular weight is 444 g/mol. The van der Waals surface area contributed by atoms with Crippen LogP contribution in [-0.4, -0.2) is 27.9 Å². The number of rotatable bonds is 5. The van der Waals surface area contributed by atoms with E-state index in [1.54, 1.807) is 18.2 Å². The molecule has 0 aliphatic heterocycles. The Morgan fingerprint density at radius 1 is 1.00 bits per heavy atom. The topological polar surface area (TPSA) is 94.7 Å². The van der Waals surface area contributed by atoms with Gasteiger partial charge in [0.1, 0.15) is 11.6 Å². The molecule has 0 saturated heterocycles. The summed E-state index contributed by atoms with van der Waals surface area (Å²) in [6.07, 6.45) is -2.50. The maximum absolute atomic E-state index is 13.6. The minimum absolute atomic E-state index is 0.00674. The molecule has 0 saturated carbocycles. The van der Waals surface area contributed by atoms with Crippen LogP contribution in [0.3, 0.4) is 0 Å². The monoisotopic (exact) mass is 444 g/mol. The zero-order chi connectivity index (χ0) is 22.9. The van der Waals surface area contributed by atoms with Gasteiger partial charge in [-0.3, -0.25) is 4.79 Å². The molecule has 2 heterocycles. The molecular formula is C21H16F4N6O. The first-order valence-corrected chi connectivity index (χ1v) is 9.30. The van der Waals surface area contributed by atoms with Crippen molar-refractivity contribution in [1.82, 2.24) is 20.3 Å². The van der Waals surface area contributed by atoms with Crippen molar-refractivity contribution in [2.24, 2.45) is 0 Å². The molecule has 4 aromatic rings. The first kappa shape index (κ1) is 21.1. The molecule has 32 heavy (non-hydrogen) atoms. The predicted molar refractivity (Wildman–Crippen MR) is 112 cm³/mol. The SMILES string of the molecule is CNC(=O)c1cc(F)ccc1Nc1cc(Nc2ccc3nc[nH]c3c2)ncc1C(F)(F)F. The number of hydrogen-bond acceptors (Lipinski definition) is 5. The lowest BCUT2D eigenvalue weighted by Crippen LogP contribution is -2.20. The van der Waals surface area contributed by atoms with Crippen molar-refractivity contribution in [3.8, 4) is 0 Å². The van der Waals surface area contributed by atoms with Gasteiger partial charge in [0.2, 0.25) is 0 Å². The van der Waals surface area contributed by atoms with Gasteiger partial charge in [0.25, 0.3) is 5.91 Å². The highest BCUT2D eigenvalue weighted by molar-refractivity contribution is 6.00. The molecule has 7 nitrogen and oxygen atoms in total. The Balaban J connectivity index is 1.72. The second-order valence-corrected chi connectivity index (χ2v) is 6.77. The van der Waals surface area contributed by atoms with Crippen molar-refractivity contribution < 1.29 is 22.4 Å². The van der Waals surface area contributed by atoms with Crippen LogP contribution in [0.5, 0.6) is 0 Å². The number of amides is 1. The fourth-order valence-electron chi connectivity index (χ4n) is 3.11. The van der Waals surface area contributed by atoms with Gasteiger partial charge < -0.3 is 20.9 Å². The van der Waals surface area contributed by atoms with Gasteiger partial charge in [-0.1, -0.05) is 0 Å². The van der Waals surface area contributed by atoms with E-state index in [0.717, 1.165) is 29.2 Å². The Bertz CT molecular complexity index is 1300. The molecule has 0 spiro atoms. The molecule has 0 bridgehead atoms. The van der Waals surface area contributed by atoms with Crippen LogP contribution in [0, 0.1) is 5.82 Å². The Morgan fingerprint density at radius 3 is 2.56 bits per heavy atom. The fraction of sp³-hybridized carbons (Fsp3) is 0.0952. The molecule has 11 heteroatoms. The smallest absolute Gasteiger partial charge is 0.355 e. The fourth-order valence-corrected chi connectivity index (χ4v) is 3.11. The number of alkyl halides is 3. The summed E-state index contributed by atoms with van der Waals surface area (Å²) in [5.41, 5.74) is 0.517. The summed E-state index contributed by atoms with van der Waals surface area (Å²) in [6, 6.07) is 9.52. The first-order valence-electron chi connectivity index (χ1n) is 9.30. The molecule has 4 N–H and O–H groups in total. The molecule has 0 aliphatic rings. The average Bonchev–Trinajstić information content (AvgIpc) is 3.21. The van der Waals surface area contributed by atoms with E-state index in [4.69, 9.17) is 0 Å². The van der Waals surface area contributed by atoms with Crippen molar-refractivity contribution in [1.29, 1.82) is 0 Å². The van der Waals surface area contributed by atoms with E-state index in [0.29, 0.717) is 11.9 Å². The number of imidazole rings is 1. The van der Waals surface area contributed by atoms with Gasteiger partial charge in [-0.25, -0.2) is 14.4 Å². The molecule has 2 aromatic carbocycles. The van der Waals surface area contributed by atoms with Crippen LogP contribution in [0.1, 0.15) is 15.9 Å². The zero-order valence-corrected chi connectivity index (χ0v) is 16.5. The zero-order valence-electron chi connectivity index (χ0n) is 16.5. The summed E-state index contributed by atoms with van der Waals surface area (Å²) in [7, 11) is 1.34. The van der Waals surface area contributed by atoms with E-state index in [2.05, 4.69) is 30.9 Å². The minimum Gasteiger partial charge on any atom is -0.355 e. The van der Waals surface area contributed by atoms with Gasteiger partial charge in [-0.15, -0.1) is 0 Å². The van der Waals surface area contributed by atoms with Gasteiger partial charge in [0, 0.05) is 25.0 Å². The molecular weight excluding hydrogens is 428 g/mol. The maximum Gasteiger partial charge on any atom is 0.419 e. The van der Waals surface area contributed by atoms with Crippen molar-refractivity contribution in [3.63, 3.8) is 0 Å². The standard InChI is InChI=1S/C21H16F4N6O/c1-26-20(32)13-6-11(22)2-4-15(13)31-17-8-19(27-9-14(17)21(23,24)25)30-12-3-5-16-18(7-12)29-10-28-16/h2-10H,1H3,(H,26,32)(H,28,29)(H2,27,30,31). The van der Waals surface area contributed by atoms with Gasteiger partial charge >= 0.3 is 6.18 Å². The summed E-state index contributed by atoms with van der Waals surface area (Å²) in [5.74, 6) is -1.22. The van der Waals surface area contributed by atoms with Gasteiger partial charge in [0.05, 0.1) is 39.9 Å². The van der Waals surface area contributed by atoms with Crippen molar-refractivity contribution in [2.75, 3.05) is 17.7 Å². The highest BCUT2D eigenvalue weighted by Crippen LogP contribution is 2.37. The summed E-state index contributed by atoms with van der Waals surface area (Å²) in [6.45, 7) is 0. The molecule has 0 radical (unpaired) electrons. The van der Waals surface area contributed by atoms with Crippen LogP contribution in [-0.2, 0) is 6.18 Å². The maximum atomic E-state index is 13.6. The second-order valence-electron chi connectivity index (χ2n) is 6.77. The van der Waals surface area contributed by atoms with E-state index in [1.165, 1.54) is 19.4 Å². The van der Waals surface area contributed by atoms with E-state index in [-0.39, 0.29) is 22.8 Å². The van der Waals surface area contributed by atoms with Gasteiger partial charge in [-0.05, 0) is 36.4 Å². The molecule has 4 rings (SSSR count). The highest BCUT2D eigenvalue weighted by atomic mass is 19.4. The van der Waals surface area contributed by atoms with Crippen LogP contribution in [0.15, 0.2) is 55.0 Å². The van der Waals surface area contributed by atoms with Crippen LogP contribution in [0.25, 0.3) is 11.0 Å². The number of hydrogen-bond donors (Lipinski definition) is 4. The number of halogens is 4. The van der Waals surface area contributed by atoms with Crippen molar-refractivity contribution in [2.45, 2.75) is 6.18 Å². The van der Waals surface area contributed by atoms with Crippen LogP contribution >= 0.6 is 0 Å². The summed E-state index contributed by atoms with van der Waals surface area (Å²) < 4.78 is 54.4. The number of carbonyl (C=O) groups excluding carboxylic acids is 1. The molecule has 0 atom stereocenters. The first-order chi connectivity index (χ1) is 15.2. The number of nitrogens with one attached hydrogen (secondary N) is 4. The number of nitrogens with zero attached hydrogens (tertiary/aromatic N) is 2. The van der Waals surface area contributed by atoms with E-state index in [1.807, 2.05) is 0 Å². The molecule has 2 aromatic heterocycles.